The Morgan fingerprint density at radius 2 is 1.94 bits per heavy atom. The average Bonchev–Trinajstić information content (AvgIpc) is 2.73. The molecule has 0 amide bonds. The van der Waals surface area contributed by atoms with E-state index in [1.807, 2.05) is 6.92 Å². The Hall–Kier alpha value is -0.290. The number of halogens is 3. The van der Waals surface area contributed by atoms with Crippen LogP contribution >= 0.6 is 0 Å². The van der Waals surface area contributed by atoms with Gasteiger partial charge in [-0.1, -0.05) is 12.8 Å². The molecule has 0 aromatic rings. The summed E-state index contributed by atoms with van der Waals surface area (Å²) in [5.41, 5.74) is 0. The third kappa shape index (κ3) is 7.60. The molecule has 1 atom stereocenters. The highest BCUT2D eigenvalue weighted by molar-refractivity contribution is 4.74. The minimum absolute atomic E-state index is 0.0103. The molecule has 0 radical (unpaired) electrons. The summed E-state index contributed by atoms with van der Waals surface area (Å²) in [6.45, 7) is 2.82. The van der Waals surface area contributed by atoms with Gasteiger partial charge >= 0.3 is 6.18 Å². The molecule has 1 aliphatic rings. The maximum absolute atomic E-state index is 11.9. The van der Waals surface area contributed by atoms with Gasteiger partial charge in [0.15, 0.2) is 0 Å². The summed E-state index contributed by atoms with van der Waals surface area (Å²) in [4.78, 5) is 0. The van der Waals surface area contributed by atoms with Crippen LogP contribution in [0.4, 0.5) is 13.2 Å². The summed E-state index contributed by atoms with van der Waals surface area (Å²) >= 11 is 0. The van der Waals surface area contributed by atoms with Crippen molar-refractivity contribution in [2.24, 2.45) is 0 Å². The maximum Gasteiger partial charge on any atom is 0.389 e. The maximum atomic E-state index is 11.9. The molecular weight excluding hydrogens is 231 g/mol. The molecule has 17 heavy (non-hydrogen) atoms. The first-order chi connectivity index (χ1) is 7.97. The molecule has 1 N–H and O–H groups in total. The molecule has 1 rings (SSSR count). The largest absolute Gasteiger partial charge is 0.389 e. The zero-order chi connectivity index (χ0) is 12.7. The predicted octanol–water partition coefficient (Wildman–Crippen LogP) is 3.27. The molecule has 1 saturated carbocycles. The van der Waals surface area contributed by atoms with Crippen LogP contribution in [0.15, 0.2) is 0 Å². The normalized spacial score (nSPS) is 19.8. The van der Waals surface area contributed by atoms with Crippen LogP contribution < -0.4 is 5.32 Å². The van der Waals surface area contributed by atoms with Gasteiger partial charge < -0.3 is 10.1 Å². The molecule has 2 nitrogen and oxygen atoms in total. The van der Waals surface area contributed by atoms with Crippen molar-refractivity contribution in [3.05, 3.63) is 0 Å². The van der Waals surface area contributed by atoms with Crippen molar-refractivity contribution in [2.75, 3.05) is 13.2 Å². The lowest BCUT2D eigenvalue weighted by atomic mass is 10.2. The molecule has 1 fully saturated rings. The lowest BCUT2D eigenvalue weighted by molar-refractivity contribution is -0.138. The Kier molecular flexibility index (Phi) is 6.27. The van der Waals surface area contributed by atoms with E-state index in [1.165, 1.54) is 25.7 Å². The second kappa shape index (κ2) is 7.21. The van der Waals surface area contributed by atoms with Gasteiger partial charge in [-0.25, -0.2) is 0 Å². The van der Waals surface area contributed by atoms with Crippen LogP contribution in [0.1, 0.15) is 45.4 Å². The van der Waals surface area contributed by atoms with Gasteiger partial charge in [0.05, 0.1) is 6.10 Å². The standard InChI is InChI=1S/C12H22F3NO/c1-10(9-16-11-5-2-3-6-11)17-8-4-7-12(13,14)15/h10-11,16H,2-9H2,1H3. The highest BCUT2D eigenvalue weighted by Crippen LogP contribution is 2.21. The molecule has 1 aliphatic carbocycles. The third-order valence-electron chi connectivity index (χ3n) is 3.06. The average molecular weight is 253 g/mol. The molecule has 0 aliphatic heterocycles. The number of alkyl halides is 3. The molecule has 0 aromatic heterocycles. The smallest absolute Gasteiger partial charge is 0.377 e. The van der Waals surface area contributed by atoms with E-state index < -0.39 is 12.6 Å². The summed E-state index contributed by atoms with van der Waals surface area (Å²) in [5.74, 6) is 0. The fourth-order valence-electron chi connectivity index (χ4n) is 2.08. The number of ether oxygens (including phenoxy) is 1. The zero-order valence-corrected chi connectivity index (χ0v) is 10.4. The third-order valence-corrected chi connectivity index (χ3v) is 3.06. The monoisotopic (exact) mass is 253 g/mol. The van der Waals surface area contributed by atoms with E-state index in [1.54, 1.807) is 0 Å². The first-order valence-electron chi connectivity index (χ1n) is 6.39. The summed E-state index contributed by atoms with van der Waals surface area (Å²) in [5, 5.41) is 3.39. The van der Waals surface area contributed by atoms with Gasteiger partial charge in [0.1, 0.15) is 0 Å². The minimum Gasteiger partial charge on any atom is -0.377 e. The summed E-state index contributed by atoms with van der Waals surface area (Å²) in [6.07, 6.45) is 0.198. The van der Waals surface area contributed by atoms with Crippen LogP contribution in [-0.2, 0) is 4.74 Å². The van der Waals surface area contributed by atoms with E-state index in [0.717, 1.165) is 6.54 Å². The second-order valence-corrected chi connectivity index (χ2v) is 4.79. The van der Waals surface area contributed by atoms with E-state index in [0.29, 0.717) is 6.04 Å². The highest BCUT2D eigenvalue weighted by atomic mass is 19.4. The molecule has 0 bridgehead atoms. The molecule has 0 heterocycles. The van der Waals surface area contributed by atoms with Crippen LogP contribution in [0.3, 0.4) is 0 Å². The number of hydrogen-bond donors (Lipinski definition) is 1. The topological polar surface area (TPSA) is 21.3 Å². The Morgan fingerprint density at radius 3 is 2.53 bits per heavy atom. The fourth-order valence-corrected chi connectivity index (χ4v) is 2.08. The van der Waals surface area contributed by atoms with Crippen molar-refractivity contribution in [3.63, 3.8) is 0 Å². The quantitative estimate of drug-likeness (QED) is 0.703. The van der Waals surface area contributed by atoms with Gasteiger partial charge in [0.25, 0.3) is 0 Å². The van der Waals surface area contributed by atoms with Crippen LogP contribution in [0.2, 0.25) is 0 Å². The van der Waals surface area contributed by atoms with Gasteiger partial charge in [0.2, 0.25) is 0 Å². The number of nitrogens with one attached hydrogen (secondary N) is 1. The zero-order valence-electron chi connectivity index (χ0n) is 10.4. The molecule has 1 unspecified atom stereocenters. The first-order valence-corrected chi connectivity index (χ1v) is 6.39. The van der Waals surface area contributed by atoms with Crippen molar-refractivity contribution < 1.29 is 17.9 Å². The van der Waals surface area contributed by atoms with Crippen molar-refractivity contribution >= 4 is 0 Å². The van der Waals surface area contributed by atoms with Gasteiger partial charge in [-0.15, -0.1) is 0 Å². The van der Waals surface area contributed by atoms with Gasteiger partial charge in [-0.3, -0.25) is 0 Å². The first kappa shape index (κ1) is 14.8. The molecule has 102 valence electrons. The van der Waals surface area contributed by atoms with Crippen molar-refractivity contribution in [3.8, 4) is 0 Å². The van der Waals surface area contributed by atoms with E-state index in [-0.39, 0.29) is 19.1 Å². The Labute approximate surface area is 101 Å². The van der Waals surface area contributed by atoms with E-state index in [2.05, 4.69) is 5.32 Å². The van der Waals surface area contributed by atoms with Crippen molar-refractivity contribution in [1.29, 1.82) is 0 Å². The van der Waals surface area contributed by atoms with Crippen molar-refractivity contribution in [2.45, 2.75) is 63.8 Å². The van der Waals surface area contributed by atoms with E-state index in [4.69, 9.17) is 4.74 Å². The van der Waals surface area contributed by atoms with Gasteiger partial charge in [0, 0.05) is 25.6 Å². The number of rotatable bonds is 7. The van der Waals surface area contributed by atoms with E-state index >= 15 is 0 Å². The predicted molar refractivity (Wildman–Crippen MR) is 61.0 cm³/mol. The van der Waals surface area contributed by atoms with Gasteiger partial charge in [-0.05, 0) is 26.2 Å². The van der Waals surface area contributed by atoms with Crippen LogP contribution in [0, 0.1) is 0 Å². The summed E-state index contributed by atoms with van der Waals surface area (Å²) in [6, 6.07) is 0.580. The molecular formula is C12H22F3NO. The van der Waals surface area contributed by atoms with E-state index in [9.17, 15) is 13.2 Å². The highest BCUT2D eigenvalue weighted by Gasteiger charge is 2.26. The van der Waals surface area contributed by atoms with Crippen molar-refractivity contribution in [1.82, 2.24) is 5.32 Å². The fraction of sp³-hybridized carbons (Fsp3) is 1.00. The Balaban J connectivity index is 1.95. The molecule has 0 saturated heterocycles. The van der Waals surface area contributed by atoms with Crippen LogP contribution in [0.5, 0.6) is 0 Å². The summed E-state index contributed by atoms with van der Waals surface area (Å²) < 4.78 is 40.9. The Morgan fingerprint density at radius 1 is 1.29 bits per heavy atom. The Bertz CT molecular complexity index is 202. The minimum atomic E-state index is -4.06. The van der Waals surface area contributed by atoms with Gasteiger partial charge in [-0.2, -0.15) is 13.2 Å². The second-order valence-electron chi connectivity index (χ2n) is 4.79. The molecule has 5 heteroatoms. The SMILES string of the molecule is CC(CNC1CCCC1)OCCCC(F)(F)F. The summed E-state index contributed by atoms with van der Waals surface area (Å²) in [7, 11) is 0. The molecule has 0 aromatic carbocycles. The lowest BCUT2D eigenvalue weighted by Gasteiger charge is -2.17. The van der Waals surface area contributed by atoms with Crippen LogP contribution in [-0.4, -0.2) is 31.5 Å². The van der Waals surface area contributed by atoms with Crippen LogP contribution in [0.25, 0.3) is 0 Å². The number of hydrogen-bond acceptors (Lipinski definition) is 2. The lowest BCUT2D eigenvalue weighted by Crippen LogP contribution is -2.34. The molecule has 0 spiro atoms.